The van der Waals surface area contributed by atoms with Gasteiger partial charge < -0.3 is 4.74 Å². The van der Waals surface area contributed by atoms with Crippen LogP contribution in [0.15, 0.2) is 24.3 Å². The molecule has 0 bridgehead atoms. The van der Waals surface area contributed by atoms with Gasteiger partial charge in [-0.05, 0) is 37.0 Å². The third-order valence-electron chi connectivity index (χ3n) is 3.56. The van der Waals surface area contributed by atoms with E-state index in [2.05, 4.69) is 24.5 Å². The van der Waals surface area contributed by atoms with Gasteiger partial charge in [-0.25, -0.2) is 5.43 Å². The van der Waals surface area contributed by atoms with E-state index >= 15 is 0 Å². The lowest BCUT2D eigenvalue weighted by Gasteiger charge is -2.31. The Morgan fingerprint density at radius 3 is 2.63 bits per heavy atom. The van der Waals surface area contributed by atoms with Crippen molar-refractivity contribution < 1.29 is 9.53 Å². The highest BCUT2D eigenvalue weighted by atomic mass is 16.5. The molecule has 0 aromatic heterocycles. The number of hydrogen-bond donors (Lipinski definition) is 1. The highest BCUT2D eigenvalue weighted by Crippen LogP contribution is 2.21. The highest BCUT2D eigenvalue weighted by molar-refractivity contribution is 5.76. The van der Waals surface area contributed by atoms with E-state index in [0.29, 0.717) is 6.42 Å². The maximum atomic E-state index is 11.8. The van der Waals surface area contributed by atoms with Gasteiger partial charge in [-0.3, -0.25) is 9.80 Å². The van der Waals surface area contributed by atoms with Crippen molar-refractivity contribution in [3.05, 3.63) is 29.8 Å². The van der Waals surface area contributed by atoms with Crippen LogP contribution in [0.5, 0.6) is 5.75 Å². The molecule has 1 aliphatic rings. The smallest absolute Gasteiger partial charge is 0.236 e. The van der Waals surface area contributed by atoms with E-state index in [1.807, 2.05) is 12.1 Å². The fraction of sp³-hybridized carbons (Fsp3) is 0.533. The number of carbonyl (C=O) groups is 1. The fourth-order valence-corrected chi connectivity index (χ4v) is 2.37. The van der Waals surface area contributed by atoms with Gasteiger partial charge in [0.25, 0.3) is 0 Å². The van der Waals surface area contributed by atoms with Crippen LogP contribution in [0.4, 0.5) is 0 Å². The molecule has 0 unspecified atom stereocenters. The summed E-state index contributed by atoms with van der Waals surface area (Å²) in [5, 5.41) is 1.78. The Labute approximate surface area is 114 Å². The first-order chi connectivity index (χ1) is 9.24. The molecule has 1 aromatic rings. The maximum Gasteiger partial charge on any atom is 0.236 e. The van der Waals surface area contributed by atoms with Gasteiger partial charge in [-0.15, -0.1) is 0 Å². The summed E-state index contributed by atoms with van der Waals surface area (Å²) < 4.78 is 5.16. The summed E-state index contributed by atoms with van der Waals surface area (Å²) in [5.74, 6) is 1.06. The van der Waals surface area contributed by atoms with Crippen molar-refractivity contribution in [3.8, 4) is 5.75 Å². The van der Waals surface area contributed by atoms with E-state index in [0.717, 1.165) is 31.6 Å². The third-order valence-corrected chi connectivity index (χ3v) is 3.56. The maximum absolute atomic E-state index is 11.8. The number of hydrogen-bond acceptors (Lipinski definition) is 3. The molecule has 104 valence electrons. The van der Waals surface area contributed by atoms with E-state index in [4.69, 9.17) is 4.74 Å². The Balaban J connectivity index is 2.04. The molecular formula is C15H22N2O2. The predicted molar refractivity (Wildman–Crippen MR) is 74.7 cm³/mol. The second kappa shape index (κ2) is 6.57. The molecule has 4 nitrogen and oxygen atoms in total. The molecule has 2 rings (SSSR count). The van der Waals surface area contributed by atoms with Gasteiger partial charge in [-0.2, -0.15) is 0 Å². The Morgan fingerprint density at radius 2 is 2.05 bits per heavy atom. The normalized spacial score (nSPS) is 17.4. The summed E-state index contributed by atoms with van der Waals surface area (Å²) >= 11 is 0. The number of ether oxygens (including phenoxy) is 1. The SMILES string of the molecule is CC[C@@H](NN1CCCCC1=O)c1ccc(OC)cc1. The number of piperidine rings is 1. The van der Waals surface area contributed by atoms with Gasteiger partial charge >= 0.3 is 0 Å². The molecule has 0 aliphatic carbocycles. The molecule has 1 N–H and O–H groups in total. The van der Waals surface area contributed by atoms with E-state index in [-0.39, 0.29) is 11.9 Å². The van der Waals surface area contributed by atoms with Crippen molar-refractivity contribution in [2.45, 2.75) is 38.6 Å². The van der Waals surface area contributed by atoms with Crippen LogP contribution in [0.25, 0.3) is 0 Å². The average Bonchev–Trinajstić information content (AvgIpc) is 2.47. The third kappa shape index (κ3) is 3.47. The average molecular weight is 262 g/mol. The van der Waals surface area contributed by atoms with Gasteiger partial charge in [0, 0.05) is 13.0 Å². The molecule has 19 heavy (non-hydrogen) atoms. The van der Waals surface area contributed by atoms with Crippen LogP contribution in [0.3, 0.4) is 0 Å². The molecule has 1 aromatic carbocycles. The molecule has 1 heterocycles. The minimum absolute atomic E-state index is 0.174. The second-order valence-corrected chi connectivity index (χ2v) is 4.87. The first-order valence-corrected chi connectivity index (χ1v) is 6.95. The molecule has 1 atom stereocenters. The number of carbonyl (C=O) groups excluding carboxylic acids is 1. The molecule has 1 saturated heterocycles. The summed E-state index contributed by atoms with van der Waals surface area (Å²) in [6.07, 6.45) is 3.69. The lowest BCUT2D eigenvalue weighted by Crippen LogP contribution is -2.47. The Hall–Kier alpha value is -1.55. The Morgan fingerprint density at radius 1 is 1.32 bits per heavy atom. The monoisotopic (exact) mass is 262 g/mol. The van der Waals surface area contributed by atoms with E-state index < -0.39 is 0 Å². The lowest BCUT2D eigenvalue weighted by atomic mass is 10.0. The van der Waals surface area contributed by atoms with Gasteiger partial charge in [0.15, 0.2) is 0 Å². The first kappa shape index (κ1) is 13.9. The van der Waals surface area contributed by atoms with E-state index in [9.17, 15) is 4.79 Å². The van der Waals surface area contributed by atoms with Gasteiger partial charge in [0.2, 0.25) is 5.91 Å². The van der Waals surface area contributed by atoms with Crippen LogP contribution in [-0.4, -0.2) is 24.6 Å². The molecule has 1 aliphatic heterocycles. The molecule has 1 amide bonds. The van der Waals surface area contributed by atoms with Gasteiger partial charge in [0.05, 0.1) is 13.2 Å². The predicted octanol–water partition coefficient (Wildman–Crippen LogP) is 2.66. The van der Waals surface area contributed by atoms with Crippen molar-refractivity contribution in [3.63, 3.8) is 0 Å². The molecular weight excluding hydrogens is 240 g/mol. The molecule has 0 saturated carbocycles. The quantitative estimate of drug-likeness (QED) is 0.887. The van der Waals surface area contributed by atoms with Crippen LogP contribution in [0.2, 0.25) is 0 Å². The number of hydrazine groups is 1. The van der Waals surface area contributed by atoms with Crippen molar-refractivity contribution in [1.82, 2.24) is 10.4 Å². The highest BCUT2D eigenvalue weighted by Gasteiger charge is 2.21. The number of methoxy groups -OCH3 is 1. The zero-order valence-corrected chi connectivity index (χ0v) is 11.7. The summed E-state index contributed by atoms with van der Waals surface area (Å²) in [6, 6.07) is 8.19. The van der Waals surface area contributed by atoms with Crippen LogP contribution < -0.4 is 10.2 Å². The molecule has 1 fully saturated rings. The number of nitrogens with zero attached hydrogens (tertiary/aromatic N) is 1. The van der Waals surface area contributed by atoms with E-state index in [1.165, 1.54) is 5.56 Å². The van der Waals surface area contributed by atoms with Gasteiger partial charge in [0.1, 0.15) is 5.75 Å². The summed E-state index contributed by atoms with van der Waals surface area (Å²) in [4.78, 5) is 11.8. The van der Waals surface area contributed by atoms with Crippen molar-refractivity contribution in [1.29, 1.82) is 0 Å². The minimum atomic E-state index is 0.174. The number of benzene rings is 1. The first-order valence-electron chi connectivity index (χ1n) is 6.95. The molecule has 0 radical (unpaired) electrons. The van der Waals surface area contributed by atoms with E-state index in [1.54, 1.807) is 12.1 Å². The van der Waals surface area contributed by atoms with Crippen molar-refractivity contribution in [2.24, 2.45) is 0 Å². The summed E-state index contributed by atoms with van der Waals surface area (Å²) in [5.41, 5.74) is 4.53. The Bertz CT molecular complexity index is 417. The molecule has 0 spiro atoms. The largest absolute Gasteiger partial charge is 0.497 e. The van der Waals surface area contributed by atoms with Crippen LogP contribution >= 0.6 is 0 Å². The fourth-order valence-electron chi connectivity index (χ4n) is 2.37. The Kier molecular flexibility index (Phi) is 4.80. The van der Waals surface area contributed by atoms with Crippen LogP contribution in [0, 0.1) is 0 Å². The van der Waals surface area contributed by atoms with Crippen molar-refractivity contribution in [2.75, 3.05) is 13.7 Å². The van der Waals surface area contributed by atoms with Crippen molar-refractivity contribution >= 4 is 5.91 Å². The van der Waals surface area contributed by atoms with Crippen LogP contribution in [0.1, 0.15) is 44.2 Å². The number of nitrogens with one attached hydrogen (secondary N) is 1. The summed E-state index contributed by atoms with van der Waals surface area (Å²) in [7, 11) is 1.66. The van der Waals surface area contributed by atoms with Crippen LogP contribution in [-0.2, 0) is 4.79 Å². The lowest BCUT2D eigenvalue weighted by molar-refractivity contribution is -0.137. The topological polar surface area (TPSA) is 41.6 Å². The number of amides is 1. The zero-order chi connectivity index (χ0) is 13.7. The van der Waals surface area contributed by atoms with Gasteiger partial charge in [-0.1, -0.05) is 19.1 Å². The number of rotatable bonds is 5. The zero-order valence-electron chi connectivity index (χ0n) is 11.7. The summed E-state index contributed by atoms with van der Waals surface area (Å²) in [6.45, 7) is 2.93. The standard InChI is InChI=1S/C15H22N2O2/c1-3-14(12-7-9-13(19-2)10-8-12)16-17-11-5-4-6-15(17)18/h7-10,14,16H,3-6,11H2,1-2H3/t14-/m1/s1. The molecule has 4 heteroatoms. The second-order valence-electron chi connectivity index (χ2n) is 4.87. The minimum Gasteiger partial charge on any atom is -0.497 e.